The molecule has 6 nitrogen and oxygen atoms in total. The van der Waals surface area contributed by atoms with E-state index in [1.807, 2.05) is 0 Å². The van der Waals surface area contributed by atoms with Crippen LogP contribution in [0.4, 0.5) is 10.1 Å². The average Bonchev–Trinajstić information content (AvgIpc) is 2.53. The zero-order valence-corrected chi connectivity index (χ0v) is 13.3. The maximum atomic E-state index is 13.4. The van der Waals surface area contributed by atoms with E-state index in [9.17, 15) is 23.9 Å². The van der Waals surface area contributed by atoms with Gasteiger partial charge in [0.25, 0.3) is 0 Å². The number of amides is 2. The van der Waals surface area contributed by atoms with Crippen molar-refractivity contribution >= 4 is 23.5 Å². The Morgan fingerprint density at radius 2 is 2.12 bits per heavy atom. The molecule has 1 unspecified atom stereocenters. The quantitative estimate of drug-likeness (QED) is 0.866. The lowest BCUT2D eigenvalue weighted by molar-refractivity contribution is -0.150. The molecule has 0 radical (unpaired) electrons. The Morgan fingerprint density at radius 3 is 2.83 bits per heavy atom. The number of carbonyl (C=O) groups excluding carboxylic acids is 2. The van der Waals surface area contributed by atoms with E-state index in [2.05, 4.69) is 5.32 Å². The summed E-state index contributed by atoms with van der Waals surface area (Å²) in [4.78, 5) is 37.8. The third-order valence-electron chi connectivity index (χ3n) is 4.94. The minimum Gasteiger partial charge on any atom is -0.481 e. The van der Waals surface area contributed by atoms with E-state index in [1.165, 1.54) is 18.2 Å². The second kappa shape index (κ2) is 6.22. The van der Waals surface area contributed by atoms with Crippen LogP contribution >= 0.6 is 0 Å². The van der Waals surface area contributed by atoms with E-state index in [0.29, 0.717) is 30.6 Å². The van der Waals surface area contributed by atoms with Crippen molar-refractivity contribution in [3.8, 4) is 0 Å². The summed E-state index contributed by atoms with van der Waals surface area (Å²) >= 11 is 0. The van der Waals surface area contributed by atoms with Crippen molar-refractivity contribution in [3.63, 3.8) is 0 Å². The molecule has 1 fully saturated rings. The van der Waals surface area contributed by atoms with E-state index in [-0.39, 0.29) is 18.2 Å². The van der Waals surface area contributed by atoms with Crippen molar-refractivity contribution < 1.29 is 23.9 Å². The molecule has 0 aromatic heterocycles. The normalized spacial score (nSPS) is 26.5. The van der Waals surface area contributed by atoms with Crippen LogP contribution < -0.4 is 5.32 Å². The van der Waals surface area contributed by atoms with Gasteiger partial charge in [-0.3, -0.25) is 14.4 Å². The number of halogens is 1. The standard InChI is InChI=1S/C17H19FN2O4/c1-9-11(17(23)24)3-2-6-20(9)16(22)13-8-15(21)19-14-7-10(18)4-5-12(13)14/h4-5,7,9,11,13H,2-3,6,8H2,1H3,(H,19,21)(H,23,24)/t9-,11-,13?/m1/s1. The van der Waals surface area contributed by atoms with Crippen molar-refractivity contribution in [2.24, 2.45) is 5.92 Å². The van der Waals surface area contributed by atoms with Crippen LogP contribution in [0.15, 0.2) is 18.2 Å². The van der Waals surface area contributed by atoms with Gasteiger partial charge in [0.05, 0.1) is 11.8 Å². The van der Waals surface area contributed by atoms with Gasteiger partial charge in [0.1, 0.15) is 5.82 Å². The summed E-state index contributed by atoms with van der Waals surface area (Å²) in [7, 11) is 0. The Hall–Kier alpha value is -2.44. The summed E-state index contributed by atoms with van der Waals surface area (Å²) in [6, 6.07) is 3.54. The first-order valence-electron chi connectivity index (χ1n) is 8.01. The number of anilines is 1. The summed E-state index contributed by atoms with van der Waals surface area (Å²) in [5.41, 5.74) is 0.884. The fraction of sp³-hybridized carbons (Fsp3) is 0.471. The monoisotopic (exact) mass is 334 g/mol. The maximum Gasteiger partial charge on any atom is 0.308 e. The predicted molar refractivity (Wildman–Crippen MR) is 83.9 cm³/mol. The molecule has 2 N–H and O–H groups in total. The molecule has 1 saturated heterocycles. The number of carbonyl (C=O) groups is 3. The lowest BCUT2D eigenvalue weighted by Crippen LogP contribution is -2.51. The van der Waals surface area contributed by atoms with Crippen molar-refractivity contribution in [3.05, 3.63) is 29.6 Å². The summed E-state index contributed by atoms with van der Waals surface area (Å²) in [6.45, 7) is 2.20. The van der Waals surface area contributed by atoms with Gasteiger partial charge in [-0.2, -0.15) is 0 Å². The number of hydrogen-bond acceptors (Lipinski definition) is 3. The minimum atomic E-state index is -0.913. The molecular weight excluding hydrogens is 315 g/mol. The number of benzene rings is 1. The molecule has 0 spiro atoms. The smallest absolute Gasteiger partial charge is 0.308 e. The van der Waals surface area contributed by atoms with Crippen molar-refractivity contribution in [2.75, 3.05) is 11.9 Å². The maximum absolute atomic E-state index is 13.4. The first-order chi connectivity index (χ1) is 11.4. The van der Waals surface area contributed by atoms with Gasteiger partial charge < -0.3 is 15.3 Å². The summed E-state index contributed by atoms with van der Waals surface area (Å²) in [5.74, 6) is -3.32. The van der Waals surface area contributed by atoms with Gasteiger partial charge >= 0.3 is 5.97 Å². The SMILES string of the molecule is C[C@@H]1[C@H](C(=O)O)CCCN1C(=O)C1CC(=O)Nc2cc(F)ccc21. The number of rotatable bonds is 2. The lowest BCUT2D eigenvalue weighted by atomic mass is 9.85. The van der Waals surface area contributed by atoms with Crippen LogP contribution in [-0.4, -0.2) is 40.4 Å². The first kappa shape index (κ1) is 16.4. The molecule has 3 atom stereocenters. The molecule has 2 amide bonds. The highest BCUT2D eigenvalue weighted by Gasteiger charge is 2.40. The Bertz CT molecular complexity index is 706. The Labute approximate surface area is 138 Å². The molecule has 0 bridgehead atoms. The molecule has 2 aliphatic rings. The summed E-state index contributed by atoms with van der Waals surface area (Å²) in [5, 5.41) is 11.9. The largest absolute Gasteiger partial charge is 0.481 e. The second-order valence-corrected chi connectivity index (χ2v) is 6.40. The Kier molecular flexibility index (Phi) is 4.26. The number of piperidine rings is 1. The van der Waals surface area contributed by atoms with Gasteiger partial charge in [-0.05, 0) is 37.5 Å². The fourth-order valence-corrected chi connectivity index (χ4v) is 3.64. The number of carboxylic acids is 1. The Morgan fingerprint density at radius 1 is 1.38 bits per heavy atom. The first-order valence-corrected chi connectivity index (χ1v) is 8.01. The molecule has 128 valence electrons. The van der Waals surface area contributed by atoms with E-state index in [4.69, 9.17) is 0 Å². The highest BCUT2D eigenvalue weighted by atomic mass is 19.1. The van der Waals surface area contributed by atoms with Gasteiger partial charge in [-0.25, -0.2) is 4.39 Å². The fourth-order valence-electron chi connectivity index (χ4n) is 3.64. The highest BCUT2D eigenvalue weighted by Crippen LogP contribution is 2.36. The third-order valence-corrected chi connectivity index (χ3v) is 4.94. The molecule has 2 aliphatic heterocycles. The van der Waals surface area contributed by atoms with Crippen molar-refractivity contribution in [1.29, 1.82) is 0 Å². The van der Waals surface area contributed by atoms with E-state index in [1.54, 1.807) is 11.8 Å². The number of likely N-dealkylation sites (tertiary alicyclic amines) is 1. The number of fused-ring (bicyclic) bond motifs is 1. The summed E-state index contributed by atoms with van der Waals surface area (Å²) < 4.78 is 13.4. The minimum absolute atomic E-state index is 0.0155. The lowest BCUT2D eigenvalue weighted by Gasteiger charge is -2.40. The average molecular weight is 334 g/mol. The van der Waals surface area contributed by atoms with Crippen LogP contribution in [-0.2, 0) is 14.4 Å². The molecule has 2 heterocycles. The van der Waals surface area contributed by atoms with Gasteiger partial charge in [0.15, 0.2) is 0 Å². The Balaban J connectivity index is 1.90. The van der Waals surface area contributed by atoms with Crippen LogP contribution in [0.5, 0.6) is 0 Å². The van der Waals surface area contributed by atoms with E-state index in [0.717, 1.165) is 0 Å². The molecule has 7 heteroatoms. The van der Waals surface area contributed by atoms with Crippen molar-refractivity contribution in [2.45, 2.75) is 38.1 Å². The predicted octanol–water partition coefficient (Wildman–Crippen LogP) is 1.96. The zero-order valence-electron chi connectivity index (χ0n) is 13.3. The number of aliphatic carboxylic acids is 1. The van der Waals surface area contributed by atoms with Gasteiger partial charge in [0.2, 0.25) is 11.8 Å². The van der Waals surface area contributed by atoms with Crippen LogP contribution in [0.1, 0.15) is 37.7 Å². The third kappa shape index (κ3) is 2.86. The highest BCUT2D eigenvalue weighted by molar-refractivity contribution is 6.01. The number of nitrogens with one attached hydrogen (secondary N) is 1. The van der Waals surface area contributed by atoms with Gasteiger partial charge in [-0.1, -0.05) is 6.07 Å². The summed E-state index contributed by atoms with van der Waals surface area (Å²) in [6.07, 6.45) is 1.13. The van der Waals surface area contributed by atoms with Gasteiger partial charge in [-0.15, -0.1) is 0 Å². The molecule has 3 rings (SSSR count). The van der Waals surface area contributed by atoms with Crippen molar-refractivity contribution in [1.82, 2.24) is 4.90 Å². The molecule has 1 aromatic carbocycles. The van der Waals surface area contributed by atoms with Crippen LogP contribution in [0.3, 0.4) is 0 Å². The molecule has 1 aromatic rings. The topological polar surface area (TPSA) is 86.7 Å². The van der Waals surface area contributed by atoms with Crippen LogP contribution in [0, 0.1) is 11.7 Å². The van der Waals surface area contributed by atoms with E-state index < -0.39 is 29.7 Å². The molecule has 0 saturated carbocycles. The zero-order chi connectivity index (χ0) is 17.4. The second-order valence-electron chi connectivity index (χ2n) is 6.40. The van der Waals surface area contributed by atoms with Crippen LogP contribution in [0.25, 0.3) is 0 Å². The number of hydrogen-bond donors (Lipinski definition) is 2. The number of carboxylic acid groups (broad SMARTS) is 1. The molecule has 24 heavy (non-hydrogen) atoms. The van der Waals surface area contributed by atoms with Gasteiger partial charge in [0, 0.05) is 24.7 Å². The molecular formula is C17H19FN2O4. The van der Waals surface area contributed by atoms with Crippen LogP contribution in [0.2, 0.25) is 0 Å². The van der Waals surface area contributed by atoms with E-state index >= 15 is 0 Å². The number of nitrogens with zero attached hydrogens (tertiary/aromatic N) is 1. The molecule has 0 aliphatic carbocycles.